The largest absolute Gasteiger partial charge is 0.481 e. The summed E-state index contributed by atoms with van der Waals surface area (Å²) < 4.78 is 0. The normalized spacial score (nSPS) is 20.6. The zero-order valence-electron chi connectivity index (χ0n) is 10.1. The summed E-state index contributed by atoms with van der Waals surface area (Å²) in [4.78, 5) is 33.3. The lowest BCUT2D eigenvalue weighted by molar-refractivity contribution is -0.140. The lowest BCUT2D eigenvalue weighted by Gasteiger charge is -2.05. The van der Waals surface area contributed by atoms with Crippen molar-refractivity contribution in [1.29, 1.82) is 0 Å². The number of hydrogen-bond donors (Lipinski definition) is 3. The molecule has 0 bridgehead atoms. The summed E-state index contributed by atoms with van der Waals surface area (Å²) >= 11 is 0. The number of primary amides is 1. The molecule has 6 nitrogen and oxygen atoms in total. The van der Waals surface area contributed by atoms with E-state index in [0.717, 1.165) is 5.56 Å². The molecule has 2 rings (SSSR count). The number of rotatable bonds is 5. The van der Waals surface area contributed by atoms with Gasteiger partial charge in [0.2, 0.25) is 11.8 Å². The van der Waals surface area contributed by atoms with Gasteiger partial charge in [-0.15, -0.1) is 0 Å². The molecule has 1 aromatic rings. The molecule has 19 heavy (non-hydrogen) atoms. The number of carbonyl (C=O) groups excluding carboxylic acids is 2. The highest BCUT2D eigenvalue weighted by Crippen LogP contribution is 2.38. The maximum absolute atomic E-state index is 11.6. The van der Waals surface area contributed by atoms with Gasteiger partial charge in [-0.2, -0.15) is 0 Å². The van der Waals surface area contributed by atoms with Crippen LogP contribution in [0.25, 0.3) is 0 Å². The van der Waals surface area contributed by atoms with Gasteiger partial charge in [0.25, 0.3) is 0 Å². The molecule has 4 N–H and O–H groups in total. The second-order valence-electron chi connectivity index (χ2n) is 4.57. The molecule has 0 spiro atoms. The number of carbonyl (C=O) groups is 3. The maximum Gasteiger partial charge on any atom is 0.307 e. The standard InChI is InChI=1S/C13H14N2O4/c14-11(16)8-3-1-2-7(4-8)6-15-12(17)9-5-10(9)13(18)19/h1-4,9-10H,5-6H2,(H2,14,16)(H,15,17)(H,18,19)/t9-,10-/m1/s1. The highest BCUT2D eigenvalue weighted by Gasteiger charge is 2.48. The summed E-state index contributed by atoms with van der Waals surface area (Å²) in [6.45, 7) is 0.253. The minimum absolute atomic E-state index is 0.253. The lowest BCUT2D eigenvalue weighted by Crippen LogP contribution is -2.26. The number of amides is 2. The van der Waals surface area contributed by atoms with Gasteiger partial charge in [-0.25, -0.2) is 0 Å². The molecule has 0 aromatic heterocycles. The average Bonchev–Trinajstić information content (AvgIpc) is 3.16. The highest BCUT2D eigenvalue weighted by atomic mass is 16.4. The van der Waals surface area contributed by atoms with Crippen LogP contribution >= 0.6 is 0 Å². The first kappa shape index (κ1) is 13.1. The topological polar surface area (TPSA) is 109 Å². The van der Waals surface area contributed by atoms with E-state index in [9.17, 15) is 14.4 Å². The van der Waals surface area contributed by atoms with Crippen molar-refractivity contribution in [3.8, 4) is 0 Å². The fourth-order valence-electron chi connectivity index (χ4n) is 1.91. The van der Waals surface area contributed by atoms with Crippen LogP contribution in [0.2, 0.25) is 0 Å². The molecule has 1 aromatic carbocycles. The van der Waals surface area contributed by atoms with Crippen molar-refractivity contribution in [2.24, 2.45) is 17.6 Å². The van der Waals surface area contributed by atoms with E-state index in [1.165, 1.54) is 0 Å². The first-order chi connectivity index (χ1) is 8.99. The summed E-state index contributed by atoms with van der Waals surface area (Å²) in [5.41, 5.74) is 6.28. The first-order valence-corrected chi connectivity index (χ1v) is 5.88. The molecule has 6 heteroatoms. The van der Waals surface area contributed by atoms with Crippen molar-refractivity contribution in [3.63, 3.8) is 0 Å². The maximum atomic E-state index is 11.6. The number of hydrogen-bond acceptors (Lipinski definition) is 3. The van der Waals surface area contributed by atoms with Crippen LogP contribution in [-0.4, -0.2) is 22.9 Å². The van der Waals surface area contributed by atoms with Crippen molar-refractivity contribution < 1.29 is 19.5 Å². The number of nitrogens with one attached hydrogen (secondary N) is 1. The molecule has 0 heterocycles. The van der Waals surface area contributed by atoms with E-state index in [4.69, 9.17) is 10.8 Å². The molecule has 0 aliphatic heterocycles. The molecular formula is C13H14N2O4. The molecule has 0 saturated heterocycles. The molecule has 1 aliphatic carbocycles. The van der Waals surface area contributed by atoms with Gasteiger partial charge >= 0.3 is 5.97 Å². The van der Waals surface area contributed by atoms with Gasteiger partial charge in [-0.3, -0.25) is 14.4 Å². The average molecular weight is 262 g/mol. The third-order valence-electron chi connectivity index (χ3n) is 3.12. The van der Waals surface area contributed by atoms with Crippen LogP contribution in [0, 0.1) is 11.8 Å². The molecule has 2 atom stereocenters. The van der Waals surface area contributed by atoms with Gasteiger partial charge < -0.3 is 16.2 Å². The van der Waals surface area contributed by atoms with Crippen molar-refractivity contribution in [1.82, 2.24) is 5.32 Å². The number of nitrogens with two attached hydrogens (primary N) is 1. The van der Waals surface area contributed by atoms with E-state index in [1.807, 2.05) is 0 Å². The van der Waals surface area contributed by atoms with Crippen LogP contribution in [0.3, 0.4) is 0 Å². The fourth-order valence-corrected chi connectivity index (χ4v) is 1.91. The van der Waals surface area contributed by atoms with Gasteiger partial charge in [0, 0.05) is 12.1 Å². The van der Waals surface area contributed by atoms with E-state index in [2.05, 4.69) is 5.32 Å². The highest BCUT2D eigenvalue weighted by molar-refractivity contribution is 5.93. The molecule has 0 radical (unpaired) electrons. The monoisotopic (exact) mass is 262 g/mol. The molecule has 0 unspecified atom stereocenters. The molecule has 1 fully saturated rings. The third kappa shape index (κ3) is 3.09. The van der Waals surface area contributed by atoms with Crippen molar-refractivity contribution in [2.45, 2.75) is 13.0 Å². The molecule has 100 valence electrons. The van der Waals surface area contributed by atoms with Gasteiger partial charge in [0.1, 0.15) is 0 Å². The van der Waals surface area contributed by atoms with Gasteiger partial charge in [0.15, 0.2) is 0 Å². The zero-order chi connectivity index (χ0) is 14.0. The minimum atomic E-state index is -0.934. The van der Waals surface area contributed by atoms with Crippen LogP contribution in [0.1, 0.15) is 22.3 Å². The van der Waals surface area contributed by atoms with Crippen LogP contribution in [0.4, 0.5) is 0 Å². The molecular weight excluding hydrogens is 248 g/mol. The van der Waals surface area contributed by atoms with E-state index in [-0.39, 0.29) is 12.5 Å². The van der Waals surface area contributed by atoms with Gasteiger partial charge in [-0.05, 0) is 24.1 Å². The predicted molar refractivity (Wildman–Crippen MR) is 66.0 cm³/mol. The van der Waals surface area contributed by atoms with Crippen molar-refractivity contribution in [3.05, 3.63) is 35.4 Å². The van der Waals surface area contributed by atoms with Crippen LogP contribution in [-0.2, 0) is 16.1 Å². The predicted octanol–water partition coefficient (Wildman–Crippen LogP) is 0.122. The van der Waals surface area contributed by atoms with Crippen LogP contribution in [0.15, 0.2) is 24.3 Å². The Hall–Kier alpha value is -2.37. The smallest absolute Gasteiger partial charge is 0.307 e. The van der Waals surface area contributed by atoms with E-state index in [1.54, 1.807) is 24.3 Å². The van der Waals surface area contributed by atoms with E-state index >= 15 is 0 Å². The zero-order valence-corrected chi connectivity index (χ0v) is 10.1. The number of benzene rings is 1. The molecule has 2 amide bonds. The molecule has 1 saturated carbocycles. The Morgan fingerprint density at radius 1 is 1.32 bits per heavy atom. The lowest BCUT2D eigenvalue weighted by atomic mass is 10.1. The number of carboxylic acid groups (broad SMARTS) is 1. The number of aliphatic carboxylic acids is 1. The Morgan fingerprint density at radius 3 is 2.63 bits per heavy atom. The first-order valence-electron chi connectivity index (χ1n) is 5.88. The third-order valence-corrected chi connectivity index (χ3v) is 3.12. The summed E-state index contributed by atoms with van der Waals surface area (Å²) in [5, 5.41) is 11.4. The SMILES string of the molecule is NC(=O)c1cccc(CNC(=O)[C@@H]2C[C@H]2C(=O)O)c1. The Balaban J connectivity index is 1.89. The summed E-state index contributed by atoms with van der Waals surface area (Å²) in [6, 6.07) is 6.63. The van der Waals surface area contributed by atoms with Crippen molar-refractivity contribution in [2.75, 3.05) is 0 Å². The summed E-state index contributed by atoms with van der Waals surface area (Å²) in [7, 11) is 0. The number of carboxylic acids is 1. The summed E-state index contributed by atoms with van der Waals surface area (Å²) in [6.07, 6.45) is 0.391. The quantitative estimate of drug-likeness (QED) is 0.700. The second-order valence-corrected chi connectivity index (χ2v) is 4.57. The van der Waals surface area contributed by atoms with Crippen LogP contribution in [0.5, 0.6) is 0 Å². The van der Waals surface area contributed by atoms with Crippen LogP contribution < -0.4 is 11.1 Å². The summed E-state index contributed by atoms with van der Waals surface area (Å²) in [5.74, 6) is -2.72. The Labute approximate surface area is 109 Å². The Morgan fingerprint density at radius 2 is 2.05 bits per heavy atom. The van der Waals surface area contributed by atoms with Crippen molar-refractivity contribution >= 4 is 17.8 Å². The Bertz CT molecular complexity index is 541. The fraction of sp³-hybridized carbons (Fsp3) is 0.308. The Kier molecular flexibility index (Phi) is 3.50. The molecule has 1 aliphatic rings. The minimum Gasteiger partial charge on any atom is -0.481 e. The van der Waals surface area contributed by atoms with Gasteiger partial charge in [0.05, 0.1) is 11.8 Å². The van der Waals surface area contributed by atoms with Gasteiger partial charge in [-0.1, -0.05) is 12.1 Å². The second kappa shape index (κ2) is 5.09. The van der Waals surface area contributed by atoms with E-state index in [0.29, 0.717) is 12.0 Å². The van der Waals surface area contributed by atoms with E-state index < -0.39 is 23.7 Å².